The van der Waals surface area contributed by atoms with Gasteiger partial charge in [-0.25, -0.2) is 4.98 Å². The Bertz CT molecular complexity index is 732. The number of hydrogen-bond donors (Lipinski definition) is 0. The van der Waals surface area contributed by atoms with Crippen LogP contribution in [0.2, 0.25) is 0 Å². The highest BCUT2D eigenvalue weighted by molar-refractivity contribution is 5.46. The smallest absolute Gasteiger partial charge is 0.227 e. The quantitative estimate of drug-likeness (QED) is 0.832. The van der Waals surface area contributed by atoms with E-state index in [-0.39, 0.29) is 0 Å². The summed E-state index contributed by atoms with van der Waals surface area (Å²) in [6.45, 7) is 8.50. The van der Waals surface area contributed by atoms with E-state index < -0.39 is 0 Å². The summed E-state index contributed by atoms with van der Waals surface area (Å²) in [5.41, 5.74) is 2.53. The number of rotatable bonds is 4. The second-order valence-electron chi connectivity index (χ2n) is 8.08. The molecule has 0 spiro atoms. The van der Waals surface area contributed by atoms with Crippen molar-refractivity contribution in [3.05, 3.63) is 47.7 Å². The molecule has 0 aliphatic carbocycles. The van der Waals surface area contributed by atoms with Crippen LogP contribution < -0.4 is 9.80 Å². The molecule has 2 fully saturated rings. The van der Waals surface area contributed by atoms with E-state index in [1.54, 1.807) is 0 Å². The van der Waals surface area contributed by atoms with Crippen molar-refractivity contribution in [2.24, 2.45) is 5.92 Å². The molecule has 0 unspecified atom stereocenters. The van der Waals surface area contributed by atoms with E-state index in [1.807, 2.05) is 0 Å². The van der Waals surface area contributed by atoms with Crippen LogP contribution in [0.3, 0.4) is 0 Å². The van der Waals surface area contributed by atoms with Gasteiger partial charge in [-0.05, 0) is 44.7 Å². The molecule has 0 atom stereocenters. The lowest BCUT2D eigenvalue weighted by Crippen LogP contribution is -2.45. The zero-order chi connectivity index (χ0) is 18.6. The highest BCUT2D eigenvalue weighted by Crippen LogP contribution is 2.26. The van der Waals surface area contributed by atoms with Gasteiger partial charge in [0.05, 0.1) is 0 Å². The van der Waals surface area contributed by atoms with Crippen molar-refractivity contribution in [1.29, 1.82) is 0 Å². The van der Waals surface area contributed by atoms with Crippen molar-refractivity contribution in [2.75, 3.05) is 56.1 Å². The molecule has 0 N–H and O–H groups in total. The zero-order valence-corrected chi connectivity index (χ0v) is 16.6. The number of hydrogen-bond acceptors (Lipinski definition) is 5. The normalized spacial score (nSPS) is 19.5. The molecule has 0 amide bonds. The SMILES string of the molecule is Cc1cc(N2CCN(C)CC2)nc(N2CCC(Cc3ccccc3)CC2)n1. The Morgan fingerprint density at radius 2 is 1.59 bits per heavy atom. The summed E-state index contributed by atoms with van der Waals surface area (Å²) in [5.74, 6) is 2.78. The molecule has 0 bridgehead atoms. The minimum absolute atomic E-state index is 0.769. The van der Waals surface area contributed by atoms with Gasteiger partial charge >= 0.3 is 0 Å². The topological polar surface area (TPSA) is 35.5 Å². The minimum atomic E-state index is 0.769. The Morgan fingerprint density at radius 3 is 2.30 bits per heavy atom. The maximum absolute atomic E-state index is 4.94. The van der Waals surface area contributed by atoms with Crippen molar-refractivity contribution in [3.63, 3.8) is 0 Å². The molecule has 0 radical (unpaired) electrons. The number of piperazine rings is 1. The Balaban J connectivity index is 1.39. The van der Waals surface area contributed by atoms with Gasteiger partial charge in [0.15, 0.2) is 0 Å². The Kier molecular flexibility index (Phi) is 5.58. The third kappa shape index (κ3) is 4.59. The average molecular weight is 366 g/mol. The van der Waals surface area contributed by atoms with Crippen LogP contribution in [0.4, 0.5) is 11.8 Å². The van der Waals surface area contributed by atoms with Crippen molar-refractivity contribution >= 4 is 11.8 Å². The molecule has 27 heavy (non-hydrogen) atoms. The summed E-state index contributed by atoms with van der Waals surface area (Å²) in [6, 6.07) is 13.0. The second kappa shape index (κ2) is 8.26. The van der Waals surface area contributed by atoms with Crippen molar-refractivity contribution < 1.29 is 0 Å². The molecule has 2 aliphatic rings. The van der Waals surface area contributed by atoms with E-state index in [9.17, 15) is 0 Å². The van der Waals surface area contributed by atoms with Crippen LogP contribution in [-0.4, -0.2) is 61.2 Å². The van der Waals surface area contributed by atoms with E-state index >= 15 is 0 Å². The van der Waals surface area contributed by atoms with E-state index in [4.69, 9.17) is 9.97 Å². The number of likely N-dealkylation sites (N-methyl/N-ethyl adjacent to an activating group) is 1. The highest BCUT2D eigenvalue weighted by Gasteiger charge is 2.23. The predicted octanol–water partition coefficient (Wildman–Crippen LogP) is 3.00. The van der Waals surface area contributed by atoms with Crippen LogP contribution >= 0.6 is 0 Å². The van der Waals surface area contributed by atoms with Crippen LogP contribution in [0, 0.1) is 12.8 Å². The lowest BCUT2D eigenvalue weighted by molar-refractivity contribution is 0.312. The van der Waals surface area contributed by atoms with Gasteiger partial charge in [0, 0.05) is 51.0 Å². The minimum Gasteiger partial charge on any atom is -0.354 e. The number of aryl methyl sites for hydroxylation is 1. The predicted molar refractivity (Wildman–Crippen MR) is 112 cm³/mol. The van der Waals surface area contributed by atoms with Gasteiger partial charge in [-0.2, -0.15) is 4.98 Å². The summed E-state index contributed by atoms with van der Waals surface area (Å²) in [7, 11) is 2.19. The third-order valence-electron chi connectivity index (χ3n) is 5.92. The summed E-state index contributed by atoms with van der Waals surface area (Å²) >= 11 is 0. The fourth-order valence-corrected chi connectivity index (χ4v) is 4.16. The molecule has 2 aromatic rings. The van der Waals surface area contributed by atoms with Crippen molar-refractivity contribution in [2.45, 2.75) is 26.2 Å². The maximum Gasteiger partial charge on any atom is 0.227 e. The van der Waals surface area contributed by atoms with Crippen LogP contribution in [-0.2, 0) is 6.42 Å². The van der Waals surface area contributed by atoms with Gasteiger partial charge < -0.3 is 14.7 Å². The first-order chi connectivity index (χ1) is 13.2. The van der Waals surface area contributed by atoms with Gasteiger partial charge in [-0.1, -0.05) is 30.3 Å². The molecule has 1 aromatic heterocycles. The van der Waals surface area contributed by atoms with Gasteiger partial charge in [0.2, 0.25) is 5.95 Å². The number of aromatic nitrogens is 2. The Labute approximate surface area is 163 Å². The molecule has 5 heteroatoms. The summed E-state index contributed by atoms with van der Waals surface area (Å²) in [4.78, 5) is 16.9. The fourth-order valence-electron chi connectivity index (χ4n) is 4.16. The molecule has 5 nitrogen and oxygen atoms in total. The van der Waals surface area contributed by atoms with Gasteiger partial charge in [0.1, 0.15) is 5.82 Å². The van der Waals surface area contributed by atoms with Crippen LogP contribution in [0.5, 0.6) is 0 Å². The average Bonchev–Trinajstić information content (AvgIpc) is 2.69. The molecule has 2 aliphatic heterocycles. The zero-order valence-electron chi connectivity index (χ0n) is 16.6. The molecule has 2 saturated heterocycles. The van der Waals surface area contributed by atoms with E-state index in [0.29, 0.717) is 0 Å². The molecule has 1 aromatic carbocycles. The number of piperidine rings is 1. The monoisotopic (exact) mass is 365 g/mol. The summed E-state index contributed by atoms with van der Waals surface area (Å²) < 4.78 is 0. The van der Waals surface area contributed by atoms with E-state index in [2.05, 4.69) is 65.1 Å². The number of anilines is 2. The van der Waals surface area contributed by atoms with E-state index in [0.717, 1.165) is 62.6 Å². The molecule has 3 heterocycles. The van der Waals surface area contributed by atoms with Gasteiger partial charge in [-0.15, -0.1) is 0 Å². The standard InChI is InChI=1S/C22H31N5/c1-18-16-21(26-14-12-25(2)13-15-26)24-22(23-18)27-10-8-20(9-11-27)17-19-6-4-3-5-7-19/h3-7,16,20H,8-15,17H2,1-2H3. The van der Waals surface area contributed by atoms with Crippen LogP contribution in [0.15, 0.2) is 36.4 Å². The first-order valence-electron chi connectivity index (χ1n) is 10.3. The number of benzene rings is 1. The Morgan fingerprint density at radius 1 is 0.889 bits per heavy atom. The number of nitrogens with zero attached hydrogens (tertiary/aromatic N) is 5. The molecular formula is C22H31N5. The first-order valence-corrected chi connectivity index (χ1v) is 10.3. The largest absolute Gasteiger partial charge is 0.354 e. The molecule has 144 valence electrons. The van der Waals surface area contributed by atoms with Crippen LogP contribution in [0.1, 0.15) is 24.1 Å². The van der Waals surface area contributed by atoms with Crippen LogP contribution in [0.25, 0.3) is 0 Å². The Hall–Kier alpha value is -2.14. The molecule has 4 rings (SSSR count). The van der Waals surface area contributed by atoms with Crippen molar-refractivity contribution in [3.8, 4) is 0 Å². The first kappa shape index (κ1) is 18.2. The summed E-state index contributed by atoms with van der Waals surface area (Å²) in [6.07, 6.45) is 3.63. The molecular weight excluding hydrogens is 334 g/mol. The van der Waals surface area contributed by atoms with Gasteiger partial charge in [0.25, 0.3) is 0 Å². The highest BCUT2D eigenvalue weighted by atomic mass is 15.3. The third-order valence-corrected chi connectivity index (χ3v) is 5.92. The summed E-state index contributed by atoms with van der Waals surface area (Å²) in [5, 5.41) is 0. The van der Waals surface area contributed by atoms with Gasteiger partial charge in [-0.3, -0.25) is 0 Å². The van der Waals surface area contributed by atoms with E-state index in [1.165, 1.54) is 24.8 Å². The lowest BCUT2D eigenvalue weighted by atomic mass is 9.90. The second-order valence-corrected chi connectivity index (χ2v) is 8.08. The van der Waals surface area contributed by atoms with Crippen molar-refractivity contribution in [1.82, 2.24) is 14.9 Å². The molecule has 0 saturated carbocycles. The lowest BCUT2D eigenvalue weighted by Gasteiger charge is -2.35. The maximum atomic E-state index is 4.94. The fraction of sp³-hybridized carbons (Fsp3) is 0.545.